The standard InChI is InChI=1S/C20H21N3O2/c1-14-13-15(2)23(22-14)17-10-7-16(8-11-17)9-12-20(25)21-18-5-3-4-6-19(18)24/h3-8,10-11,13,24H,9,12H2,1-2H3,(H,21,25). The van der Waals surface area contributed by atoms with Gasteiger partial charge in [-0.3, -0.25) is 4.79 Å². The second-order valence-electron chi connectivity index (χ2n) is 6.07. The highest BCUT2D eigenvalue weighted by Crippen LogP contribution is 2.21. The van der Waals surface area contributed by atoms with Crippen molar-refractivity contribution in [2.24, 2.45) is 0 Å². The van der Waals surface area contributed by atoms with Gasteiger partial charge in [-0.1, -0.05) is 24.3 Å². The minimum absolute atomic E-state index is 0.0742. The van der Waals surface area contributed by atoms with E-state index in [1.54, 1.807) is 24.3 Å². The van der Waals surface area contributed by atoms with Crippen molar-refractivity contribution in [2.75, 3.05) is 5.32 Å². The third-order valence-electron chi connectivity index (χ3n) is 4.01. The van der Waals surface area contributed by atoms with Crippen LogP contribution in [0.2, 0.25) is 0 Å². The van der Waals surface area contributed by atoms with Crippen molar-refractivity contribution >= 4 is 11.6 Å². The topological polar surface area (TPSA) is 67.2 Å². The summed E-state index contributed by atoms with van der Waals surface area (Å²) in [5, 5.41) is 16.9. The molecule has 0 fully saturated rings. The first-order chi connectivity index (χ1) is 12.0. The van der Waals surface area contributed by atoms with E-state index in [9.17, 15) is 9.90 Å². The number of phenolic OH excluding ortho intramolecular Hbond substituents is 1. The Morgan fingerprint density at radius 2 is 1.84 bits per heavy atom. The van der Waals surface area contributed by atoms with Gasteiger partial charge in [0.1, 0.15) is 5.75 Å². The summed E-state index contributed by atoms with van der Waals surface area (Å²) >= 11 is 0. The van der Waals surface area contributed by atoms with Crippen molar-refractivity contribution in [3.05, 3.63) is 71.5 Å². The van der Waals surface area contributed by atoms with Crippen LogP contribution in [0.4, 0.5) is 5.69 Å². The fourth-order valence-corrected chi connectivity index (χ4v) is 2.74. The zero-order valence-corrected chi connectivity index (χ0v) is 14.4. The third kappa shape index (κ3) is 4.07. The van der Waals surface area contributed by atoms with Crippen LogP contribution in [0.1, 0.15) is 23.4 Å². The van der Waals surface area contributed by atoms with Crippen LogP contribution in [-0.4, -0.2) is 20.8 Å². The lowest BCUT2D eigenvalue weighted by Crippen LogP contribution is -2.12. The van der Waals surface area contributed by atoms with Gasteiger partial charge >= 0.3 is 0 Å². The molecule has 128 valence electrons. The van der Waals surface area contributed by atoms with Crippen LogP contribution in [-0.2, 0) is 11.2 Å². The van der Waals surface area contributed by atoms with Crippen LogP contribution in [0.5, 0.6) is 5.75 Å². The molecule has 1 amide bonds. The molecular formula is C20H21N3O2. The maximum Gasteiger partial charge on any atom is 0.224 e. The van der Waals surface area contributed by atoms with Gasteiger partial charge in [0.2, 0.25) is 5.91 Å². The van der Waals surface area contributed by atoms with E-state index in [0.29, 0.717) is 18.5 Å². The van der Waals surface area contributed by atoms with Crippen LogP contribution in [0, 0.1) is 13.8 Å². The van der Waals surface area contributed by atoms with Gasteiger partial charge in [-0.05, 0) is 56.2 Å². The molecule has 0 aliphatic rings. The highest BCUT2D eigenvalue weighted by molar-refractivity contribution is 5.92. The summed E-state index contributed by atoms with van der Waals surface area (Å²) in [6.07, 6.45) is 0.990. The summed E-state index contributed by atoms with van der Waals surface area (Å²) in [6, 6.07) is 16.8. The lowest BCUT2D eigenvalue weighted by molar-refractivity contribution is -0.116. The number of carbonyl (C=O) groups excluding carboxylic acids is 1. The number of aromatic nitrogens is 2. The van der Waals surface area contributed by atoms with Crippen LogP contribution < -0.4 is 5.32 Å². The summed E-state index contributed by atoms with van der Waals surface area (Å²) in [5.74, 6) is -0.0470. The number of nitrogens with zero attached hydrogens (tertiary/aromatic N) is 2. The molecule has 5 nitrogen and oxygen atoms in total. The van der Waals surface area contributed by atoms with Crippen molar-refractivity contribution in [3.63, 3.8) is 0 Å². The van der Waals surface area contributed by atoms with Gasteiger partial charge < -0.3 is 10.4 Å². The molecule has 5 heteroatoms. The molecule has 0 bridgehead atoms. The van der Waals surface area contributed by atoms with Crippen molar-refractivity contribution in [1.29, 1.82) is 0 Å². The van der Waals surface area contributed by atoms with Crippen LogP contribution in [0.25, 0.3) is 5.69 Å². The summed E-state index contributed by atoms with van der Waals surface area (Å²) in [5.41, 5.74) is 4.60. The first-order valence-corrected chi connectivity index (χ1v) is 8.23. The maximum atomic E-state index is 12.0. The Balaban J connectivity index is 1.59. The quantitative estimate of drug-likeness (QED) is 0.698. The zero-order chi connectivity index (χ0) is 17.8. The summed E-state index contributed by atoms with van der Waals surface area (Å²) in [4.78, 5) is 12.0. The van der Waals surface area contributed by atoms with Crippen LogP contribution in [0.15, 0.2) is 54.6 Å². The largest absolute Gasteiger partial charge is 0.506 e. The molecule has 0 saturated carbocycles. The molecule has 0 atom stereocenters. The Morgan fingerprint density at radius 3 is 2.48 bits per heavy atom. The van der Waals surface area contributed by atoms with Gasteiger partial charge in [0.15, 0.2) is 0 Å². The lowest BCUT2D eigenvalue weighted by Gasteiger charge is -2.08. The molecule has 0 unspecified atom stereocenters. The van der Waals surface area contributed by atoms with E-state index in [-0.39, 0.29) is 11.7 Å². The molecular weight excluding hydrogens is 314 g/mol. The van der Waals surface area contributed by atoms with Crippen molar-refractivity contribution < 1.29 is 9.90 Å². The number of carbonyl (C=O) groups is 1. The SMILES string of the molecule is Cc1cc(C)n(-c2ccc(CCC(=O)Nc3ccccc3O)cc2)n1. The zero-order valence-electron chi connectivity index (χ0n) is 14.4. The van der Waals surface area contributed by atoms with E-state index >= 15 is 0 Å². The molecule has 0 aliphatic carbocycles. The number of amides is 1. The number of aromatic hydroxyl groups is 1. The summed E-state index contributed by atoms with van der Waals surface area (Å²) in [7, 11) is 0. The molecule has 25 heavy (non-hydrogen) atoms. The fourth-order valence-electron chi connectivity index (χ4n) is 2.74. The molecule has 2 aromatic carbocycles. The van der Waals surface area contributed by atoms with Gasteiger partial charge in [-0.25, -0.2) is 4.68 Å². The Bertz CT molecular complexity index is 882. The van der Waals surface area contributed by atoms with E-state index in [0.717, 1.165) is 22.6 Å². The van der Waals surface area contributed by atoms with Crippen molar-refractivity contribution in [3.8, 4) is 11.4 Å². The molecule has 0 aliphatic heterocycles. The van der Waals surface area contributed by atoms with Crippen molar-refractivity contribution in [1.82, 2.24) is 9.78 Å². The molecule has 1 aromatic heterocycles. The Morgan fingerprint density at radius 1 is 1.12 bits per heavy atom. The Kier molecular flexibility index (Phi) is 4.84. The van der Waals surface area contributed by atoms with Crippen molar-refractivity contribution in [2.45, 2.75) is 26.7 Å². The Hall–Kier alpha value is -3.08. The maximum absolute atomic E-state index is 12.0. The minimum Gasteiger partial charge on any atom is -0.506 e. The predicted molar refractivity (Wildman–Crippen MR) is 98.1 cm³/mol. The smallest absolute Gasteiger partial charge is 0.224 e. The number of hydrogen-bond acceptors (Lipinski definition) is 3. The second-order valence-corrected chi connectivity index (χ2v) is 6.07. The normalized spacial score (nSPS) is 10.6. The van der Waals surface area contributed by atoms with Gasteiger partial charge in [0, 0.05) is 12.1 Å². The lowest BCUT2D eigenvalue weighted by atomic mass is 10.1. The number of phenols is 1. The fraction of sp³-hybridized carbons (Fsp3) is 0.200. The monoisotopic (exact) mass is 335 g/mol. The van der Waals surface area contributed by atoms with Gasteiger partial charge in [0.25, 0.3) is 0 Å². The van der Waals surface area contributed by atoms with Gasteiger partial charge in [-0.15, -0.1) is 0 Å². The average Bonchev–Trinajstić information content (AvgIpc) is 2.94. The predicted octanol–water partition coefficient (Wildman–Crippen LogP) is 3.77. The van der Waals surface area contributed by atoms with Gasteiger partial charge in [0.05, 0.1) is 17.1 Å². The number of hydrogen-bond donors (Lipinski definition) is 2. The first kappa shape index (κ1) is 16.8. The minimum atomic E-state index is -0.121. The third-order valence-corrected chi connectivity index (χ3v) is 4.01. The average molecular weight is 335 g/mol. The molecule has 1 heterocycles. The van der Waals surface area contributed by atoms with E-state index in [1.807, 2.05) is 48.9 Å². The van der Waals surface area contributed by atoms with E-state index < -0.39 is 0 Å². The molecule has 0 spiro atoms. The Labute approximate surface area is 146 Å². The molecule has 0 radical (unpaired) electrons. The van der Waals surface area contributed by atoms with E-state index in [1.165, 1.54) is 0 Å². The summed E-state index contributed by atoms with van der Waals surface area (Å²) < 4.78 is 1.91. The first-order valence-electron chi connectivity index (χ1n) is 8.23. The number of nitrogens with one attached hydrogen (secondary N) is 1. The molecule has 0 saturated heterocycles. The second kappa shape index (κ2) is 7.21. The van der Waals surface area contributed by atoms with E-state index in [4.69, 9.17) is 0 Å². The molecule has 2 N–H and O–H groups in total. The highest BCUT2D eigenvalue weighted by atomic mass is 16.3. The number of rotatable bonds is 5. The number of benzene rings is 2. The highest BCUT2D eigenvalue weighted by Gasteiger charge is 2.07. The van der Waals surface area contributed by atoms with Crippen LogP contribution in [0.3, 0.4) is 0 Å². The summed E-state index contributed by atoms with van der Waals surface area (Å²) in [6.45, 7) is 4.00. The molecule has 3 aromatic rings. The van der Waals surface area contributed by atoms with E-state index in [2.05, 4.69) is 10.4 Å². The number of aryl methyl sites for hydroxylation is 3. The molecule has 3 rings (SSSR count). The number of para-hydroxylation sites is 2. The van der Waals surface area contributed by atoms with Gasteiger partial charge in [-0.2, -0.15) is 5.10 Å². The number of anilines is 1. The van der Waals surface area contributed by atoms with Crippen LogP contribution >= 0.6 is 0 Å².